The van der Waals surface area contributed by atoms with Crippen LogP contribution < -0.4 is 20.5 Å². The van der Waals surface area contributed by atoms with Crippen LogP contribution in [0, 0.1) is 0 Å². The van der Waals surface area contributed by atoms with Gasteiger partial charge in [0, 0.05) is 12.3 Å². The van der Waals surface area contributed by atoms with E-state index >= 15 is 0 Å². The molecule has 0 radical (unpaired) electrons. The number of para-hydroxylation sites is 2. The lowest BCUT2D eigenvalue weighted by Gasteiger charge is -2.22. The minimum absolute atomic E-state index is 0.285. The molecule has 3 rings (SSSR count). The maximum Gasteiger partial charge on any atom is 0.213 e. The van der Waals surface area contributed by atoms with E-state index in [1.807, 2.05) is 36.4 Å². The first-order chi connectivity index (χ1) is 12.7. The second-order valence-electron chi connectivity index (χ2n) is 6.41. The summed E-state index contributed by atoms with van der Waals surface area (Å²) in [4.78, 5) is 8.71. The van der Waals surface area contributed by atoms with Gasteiger partial charge in [0.15, 0.2) is 5.96 Å². The summed E-state index contributed by atoms with van der Waals surface area (Å²) in [5.41, 5.74) is 7.80. The Balaban J connectivity index is 1.59. The summed E-state index contributed by atoms with van der Waals surface area (Å²) < 4.78 is 11.3. The van der Waals surface area contributed by atoms with E-state index in [4.69, 9.17) is 15.2 Å². The van der Waals surface area contributed by atoms with Crippen molar-refractivity contribution < 1.29 is 9.47 Å². The van der Waals surface area contributed by atoms with Crippen molar-refractivity contribution in [3.05, 3.63) is 48.2 Å². The number of guanidine groups is 1. The molecule has 0 atom stereocenters. The number of methoxy groups -OCH3 is 1. The van der Waals surface area contributed by atoms with Gasteiger partial charge in [0.1, 0.15) is 11.9 Å². The van der Waals surface area contributed by atoms with Crippen LogP contribution in [0.25, 0.3) is 0 Å². The molecule has 6 nitrogen and oxygen atoms in total. The number of nitrogens with one attached hydrogen (secondary N) is 1. The highest BCUT2D eigenvalue weighted by molar-refractivity contribution is 5.93. The molecule has 138 valence electrons. The van der Waals surface area contributed by atoms with E-state index in [1.54, 1.807) is 13.3 Å². The fourth-order valence-electron chi connectivity index (χ4n) is 3.07. The Kier molecular flexibility index (Phi) is 6.30. The predicted molar refractivity (Wildman–Crippen MR) is 104 cm³/mol. The monoisotopic (exact) mass is 354 g/mol. The van der Waals surface area contributed by atoms with E-state index in [2.05, 4.69) is 15.3 Å². The zero-order chi connectivity index (χ0) is 18.2. The standard InChI is InChI=1S/C20H26N4O2/c1-25-18-10-6-5-9-17(18)24-20(21)23-14-15-11-12-22-19(13-15)26-16-7-3-2-4-8-16/h5-6,9-13,16H,2-4,7-8,14H2,1H3,(H3,21,23,24). The first-order valence-electron chi connectivity index (χ1n) is 9.06. The smallest absolute Gasteiger partial charge is 0.213 e. The van der Waals surface area contributed by atoms with Gasteiger partial charge in [-0.2, -0.15) is 0 Å². The van der Waals surface area contributed by atoms with Gasteiger partial charge in [-0.3, -0.25) is 0 Å². The number of aliphatic imine (C=N–C) groups is 1. The van der Waals surface area contributed by atoms with Crippen LogP contribution >= 0.6 is 0 Å². The summed E-state index contributed by atoms with van der Waals surface area (Å²) in [7, 11) is 1.62. The lowest BCUT2D eigenvalue weighted by molar-refractivity contribution is 0.148. The van der Waals surface area contributed by atoms with E-state index in [1.165, 1.54) is 19.3 Å². The number of nitrogens with two attached hydrogens (primary N) is 1. The molecule has 0 amide bonds. The van der Waals surface area contributed by atoms with Crippen molar-refractivity contribution in [3.8, 4) is 11.6 Å². The van der Waals surface area contributed by atoms with Crippen molar-refractivity contribution in [1.29, 1.82) is 0 Å². The molecular weight excluding hydrogens is 328 g/mol. The Morgan fingerprint density at radius 2 is 2.04 bits per heavy atom. The first kappa shape index (κ1) is 18.0. The third-order valence-electron chi connectivity index (χ3n) is 4.44. The Morgan fingerprint density at radius 1 is 1.23 bits per heavy atom. The Hall–Kier alpha value is -2.76. The molecule has 3 N–H and O–H groups in total. The maximum absolute atomic E-state index is 6.01. The zero-order valence-corrected chi connectivity index (χ0v) is 15.1. The molecule has 0 saturated heterocycles. The van der Waals surface area contributed by atoms with Gasteiger partial charge >= 0.3 is 0 Å². The average Bonchev–Trinajstić information content (AvgIpc) is 2.68. The minimum Gasteiger partial charge on any atom is -0.495 e. The normalized spacial score (nSPS) is 15.5. The van der Waals surface area contributed by atoms with Crippen LogP contribution in [0.15, 0.2) is 47.6 Å². The van der Waals surface area contributed by atoms with Crippen LogP contribution in [-0.2, 0) is 6.54 Å². The number of benzene rings is 1. The number of hydrogen-bond acceptors (Lipinski definition) is 4. The first-order valence-corrected chi connectivity index (χ1v) is 9.06. The zero-order valence-electron chi connectivity index (χ0n) is 15.1. The summed E-state index contributed by atoms with van der Waals surface area (Å²) in [6, 6.07) is 11.4. The predicted octanol–water partition coefficient (Wildman–Crippen LogP) is 3.73. The van der Waals surface area contributed by atoms with Gasteiger partial charge in [-0.05, 0) is 49.4 Å². The van der Waals surface area contributed by atoms with E-state index in [9.17, 15) is 0 Å². The molecule has 1 fully saturated rings. The molecule has 1 aromatic heterocycles. The molecule has 1 saturated carbocycles. The molecule has 26 heavy (non-hydrogen) atoms. The van der Waals surface area contributed by atoms with Gasteiger partial charge in [-0.15, -0.1) is 0 Å². The maximum atomic E-state index is 6.01. The summed E-state index contributed by atoms with van der Waals surface area (Å²) in [6.07, 6.45) is 8.04. The quantitative estimate of drug-likeness (QED) is 0.610. The molecule has 0 unspecified atom stereocenters. The highest BCUT2D eigenvalue weighted by Gasteiger charge is 2.15. The molecule has 6 heteroatoms. The van der Waals surface area contributed by atoms with Gasteiger partial charge in [-0.25, -0.2) is 9.98 Å². The van der Waals surface area contributed by atoms with E-state index in [0.29, 0.717) is 18.4 Å². The fourth-order valence-corrected chi connectivity index (χ4v) is 3.07. The van der Waals surface area contributed by atoms with Crippen LogP contribution in [0.5, 0.6) is 11.6 Å². The van der Waals surface area contributed by atoms with Gasteiger partial charge < -0.3 is 20.5 Å². The van der Waals surface area contributed by atoms with Crippen LogP contribution in [0.1, 0.15) is 37.7 Å². The molecule has 1 aliphatic carbocycles. The van der Waals surface area contributed by atoms with Crippen molar-refractivity contribution in [2.75, 3.05) is 12.4 Å². The number of pyridine rings is 1. The van der Waals surface area contributed by atoms with Crippen molar-refractivity contribution in [2.45, 2.75) is 44.8 Å². The van der Waals surface area contributed by atoms with Gasteiger partial charge in [0.25, 0.3) is 0 Å². The molecular formula is C20H26N4O2. The van der Waals surface area contributed by atoms with Gasteiger partial charge in [0.05, 0.1) is 19.3 Å². The van der Waals surface area contributed by atoms with Crippen LogP contribution in [0.4, 0.5) is 5.69 Å². The lowest BCUT2D eigenvalue weighted by atomic mass is 9.98. The lowest BCUT2D eigenvalue weighted by Crippen LogP contribution is -2.23. The summed E-state index contributed by atoms with van der Waals surface area (Å²) in [5, 5.41) is 3.07. The SMILES string of the molecule is COc1ccccc1NC(N)=NCc1ccnc(OC2CCCCC2)c1. The average molecular weight is 354 g/mol. The summed E-state index contributed by atoms with van der Waals surface area (Å²) in [5.74, 6) is 1.72. The van der Waals surface area contributed by atoms with Crippen molar-refractivity contribution in [2.24, 2.45) is 10.7 Å². The Bertz CT molecular complexity index is 742. The second kappa shape index (κ2) is 9.08. The molecule has 1 heterocycles. The number of hydrogen-bond donors (Lipinski definition) is 2. The highest BCUT2D eigenvalue weighted by Crippen LogP contribution is 2.24. The number of anilines is 1. The molecule has 0 aliphatic heterocycles. The number of nitrogens with zero attached hydrogens (tertiary/aromatic N) is 2. The topological polar surface area (TPSA) is 81.8 Å². The van der Waals surface area contributed by atoms with Crippen LogP contribution in [-0.4, -0.2) is 24.2 Å². The van der Waals surface area contributed by atoms with E-state index in [0.717, 1.165) is 29.8 Å². The molecule has 1 aliphatic rings. The van der Waals surface area contributed by atoms with Gasteiger partial charge in [-0.1, -0.05) is 18.6 Å². The summed E-state index contributed by atoms with van der Waals surface area (Å²) in [6.45, 7) is 0.456. The van der Waals surface area contributed by atoms with Crippen molar-refractivity contribution >= 4 is 11.6 Å². The molecule has 2 aromatic rings. The highest BCUT2D eigenvalue weighted by atomic mass is 16.5. The molecule has 0 spiro atoms. The minimum atomic E-state index is 0.285. The number of aromatic nitrogens is 1. The van der Waals surface area contributed by atoms with Crippen molar-refractivity contribution in [1.82, 2.24) is 4.98 Å². The fraction of sp³-hybridized carbons (Fsp3) is 0.400. The third kappa shape index (κ3) is 5.12. The van der Waals surface area contributed by atoms with Gasteiger partial charge in [0.2, 0.25) is 5.88 Å². The number of rotatable bonds is 6. The second-order valence-corrected chi connectivity index (χ2v) is 6.41. The van der Waals surface area contributed by atoms with Crippen LogP contribution in [0.2, 0.25) is 0 Å². The Labute approximate surface area is 154 Å². The van der Waals surface area contributed by atoms with Crippen molar-refractivity contribution in [3.63, 3.8) is 0 Å². The van der Waals surface area contributed by atoms with E-state index < -0.39 is 0 Å². The van der Waals surface area contributed by atoms with E-state index in [-0.39, 0.29) is 6.10 Å². The summed E-state index contributed by atoms with van der Waals surface area (Å²) >= 11 is 0. The third-order valence-corrected chi connectivity index (χ3v) is 4.44. The molecule has 0 bridgehead atoms. The number of ether oxygens (including phenoxy) is 2. The largest absolute Gasteiger partial charge is 0.495 e. The Morgan fingerprint density at radius 3 is 2.85 bits per heavy atom. The molecule has 1 aromatic carbocycles. The van der Waals surface area contributed by atoms with Crippen LogP contribution in [0.3, 0.4) is 0 Å².